The predicted octanol–water partition coefficient (Wildman–Crippen LogP) is -3.53. The van der Waals surface area contributed by atoms with Crippen LogP contribution in [0, 0.1) is 0 Å². The summed E-state index contributed by atoms with van der Waals surface area (Å²) in [6.45, 7) is 0. The zero-order valence-electron chi connectivity index (χ0n) is 6.62. The highest BCUT2D eigenvalue weighted by Gasteiger charge is 2.66. The summed E-state index contributed by atoms with van der Waals surface area (Å²) < 4.78 is 0. The lowest BCUT2D eigenvalue weighted by atomic mass is 10.1. The van der Waals surface area contributed by atoms with Gasteiger partial charge >= 0.3 is 12.1 Å². The van der Waals surface area contributed by atoms with Crippen molar-refractivity contribution in [3.8, 4) is 0 Å². The first-order valence-electron chi connectivity index (χ1n) is 3.56. The monoisotopic (exact) mass is 202 g/mol. The van der Waals surface area contributed by atoms with Crippen molar-refractivity contribution >= 4 is 18.0 Å². The fourth-order valence-electron chi connectivity index (χ4n) is 1.27. The molecule has 0 saturated carbocycles. The van der Waals surface area contributed by atoms with Gasteiger partial charge in [-0.25, -0.2) is 9.59 Å². The molecule has 0 aromatic heterocycles. The molecule has 14 heavy (non-hydrogen) atoms. The first-order valence-corrected chi connectivity index (χ1v) is 3.56. The SMILES string of the molecule is O=C1NC(=O)[C@]2(O)NC(=O)N[C@]2(O)N1. The van der Waals surface area contributed by atoms with Gasteiger partial charge in [-0.2, -0.15) is 0 Å². The van der Waals surface area contributed by atoms with Crippen molar-refractivity contribution in [3.63, 3.8) is 0 Å². The summed E-state index contributed by atoms with van der Waals surface area (Å²) in [6.07, 6.45) is 0. The van der Waals surface area contributed by atoms with Gasteiger partial charge in [-0.1, -0.05) is 0 Å². The fraction of sp³-hybridized carbons (Fsp3) is 0.400. The van der Waals surface area contributed by atoms with Gasteiger partial charge in [-0.3, -0.25) is 26.1 Å². The summed E-state index contributed by atoms with van der Waals surface area (Å²) in [5, 5.41) is 26.1. The molecule has 0 spiro atoms. The van der Waals surface area contributed by atoms with Gasteiger partial charge < -0.3 is 10.2 Å². The Morgan fingerprint density at radius 2 is 1.50 bits per heavy atom. The van der Waals surface area contributed by atoms with Crippen LogP contribution in [0.25, 0.3) is 0 Å². The molecule has 76 valence electrons. The number of urea groups is 2. The van der Waals surface area contributed by atoms with Gasteiger partial charge in [0.25, 0.3) is 17.5 Å². The van der Waals surface area contributed by atoms with E-state index in [4.69, 9.17) is 0 Å². The van der Waals surface area contributed by atoms with E-state index >= 15 is 0 Å². The van der Waals surface area contributed by atoms with Crippen LogP contribution in [0.2, 0.25) is 0 Å². The highest BCUT2D eigenvalue weighted by Crippen LogP contribution is 2.22. The number of hydrogen-bond acceptors (Lipinski definition) is 5. The second kappa shape index (κ2) is 2.13. The van der Waals surface area contributed by atoms with Gasteiger partial charge in [0.2, 0.25) is 0 Å². The largest absolute Gasteiger partial charge is 0.358 e. The maximum absolute atomic E-state index is 11.1. The molecular formula is C5H6N4O5. The molecule has 2 saturated heterocycles. The van der Waals surface area contributed by atoms with Crippen LogP contribution in [-0.2, 0) is 4.79 Å². The van der Waals surface area contributed by atoms with E-state index in [-0.39, 0.29) is 0 Å². The van der Waals surface area contributed by atoms with Crippen LogP contribution < -0.4 is 21.3 Å². The van der Waals surface area contributed by atoms with Gasteiger partial charge in [0.1, 0.15) is 0 Å². The Bertz CT molecular complexity index is 356. The van der Waals surface area contributed by atoms with E-state index < -0.39 is 29.5 Å². The molecule has 0 radical (unpaired) electrons. The lowest BCUT2D eigenvalue weighted by Gasteiger charge is -2.37. The van der Waals surface area contributed by atoms with Crippen molar-refractivity contribution in [1.82, 2.24) is 21.3 Å². The van der Waals surface area contributed by atoms with Crippen molar-refractivity contribution in [2.45, 2.75) is 11.6 Å². The second-order valence-corrected chi connectivity index (χ2v) is 2.91. The van der Waals surface area contributed by atoms with Crippen LogP contribution in [0.3, 0.4) is 0 Å². The van der Waals surface area contributed by atoms with E-state index in [1.165, 1.54) is 0 Å². The van der Waals surface area contributed by atoms with E-state index in [0.717, 1.165) is 0 Å². The number of imide groups is 1. The Morgan fingerprint density at radius 3 is 2.14 bits per heavy atom. The molecule has 0 unspecified atom stereocenters. The number of aliphatic hydroxyl groups is 2. The van der Waals surface area contributed by atoms with Gasteiger partial charge in [0, 0.05) is 0 Å². The molecule has 2 atom stereocenters. The highest BCUT2D eigenvalue weighted by molar-refractivity contribution is 6.06. The molecule has 2 rings (SSSR count). The Labute approximate surface area is 76.5 Å². The minimum Gasteiger partial charge on any atom is -0.358 e. The quantitative estimate of drug-likeness (QED) is 0.241. The zero-order valence-corrected chi connectivity index (χ0v) is 6.62. The van der Waals surface area contributed by atoms with E-state index in [2.05, 4.69) is 0 Å². The molecule has 0 aromatic carbocycles. The summed E-state index contributed by atoms with van der Waals surface area (Å²) in [7, 11) is 0. The standard InChI is InChI=1S/C5H6N4O5/c10-1-4(13)5(14,8-2(11)6-1)9-3(12)7-4/h13-14H,(H2,7,9,12)(H2,6,8,10,11)/t4-,5-/m1/s1. The normalized spacial score (nSPS) is 40.6. The zero-order chi connectivity index (χ0) is 10.6. The van der Waals surface area contributed by atoms with Crippen LogP contribution in [-0.4, -0.2) is 39.8 Å². The molecular weight excluding hydrogens is 196 g/mol. The number of hydrogen-bond donors (Lipinski definition) is 6. The Kier molecular flexibility index (Phi) is 1.33. The molecule has 0 aromatic rings. The summed E-state index contributed by atoms with van der Waals surface area (Å²) in [6, 6.07) is -2.00. The summed E-state index contributed by atoms with van der Waals surface area (Å²) >= 11 is 0. The maximum Gasteiger partial charge on any atom is 0.325 e. The Morgan fingerprint density at radius 1 is 0.929 bits per heavy atom. The van der Waals surface area contributed by atoms with Gasteiger partial charge in [-0.15, -0.1) is 0 Å². The van der Waals surface area contributed by atoms with E-state index in [1.54, 1.807) is 21.3 Å². The number of carbonyl (C=O) groups excluding carboxylic acids is 3. The highest BCUT2D eigenvalue weighted by atomic mass is 16.4. The van der Waals surface area contributed by atoms with Gasteiger partial charge in [-0.05, 0) is 0 Å². The lowest BCUT2D eigenvalue weighted by Crippen LogP contribution is -2.80. The van der Waals surface area contributed by atoms with E-state index in [0.29, 0.717) is 0 Å². The average molecular weight is 202 g/mol. The topological polar surface area (TPSA) is 140 Å². The third kappa shape index (κ3) is 0.818. The Hall–Kier alpha value is -1.87. The van der Waals surface area contributed by atoms with Gasteiger partial charge in [0.05, 0.1) is 0 Å². The molecule has 9 nitrogen and oxygen atoms in total. The molecule has 9 heteroatoms. The van der Waals surface area contributed by atoms with E-state index in [1.807, 2.05) is 0 Å². The van der Waals surface area contributed by atoms with Gasteiger partial charge in [0.15, 0.2) is 0 Å². The van der Waals surface area contributed by atoms with Crippen molar-refractivity contribution < 1.29 is 24.6 Å². The third-order valence-electron chi connectivity index (χ3n) is 1.96. The minimum absolute atomic E-state index is 0.979. The van der Waals surface area contributed by atoms with Crippen LogP contribution >= 0.6 is 0 Å². The van der Waals surface area contributed by atoms with Crippen molar-refractivity contribution in [2.24, 2.45) is 0 Å². The average Bonchev–Trinajstić information content (AvgIpc) is 2.21. The molecule has 2 heterocycles. The number of carbonyl (C=O) groups is 3. The summed E-state index contributed by atoms with van der Waals surface area (Å²) in [4.78, 5) is 32.7. The van der Waals surface area contributed by atoms with Crippen LogP contribution in [0.5, 0.6) is 0 Å². The van der Waals surface area contributed by atoms with Crippen LogP contribution in [0.1, 0.15) is 0 Å². The van der Waals surface area contributed by atoms with Crippen molar-refractivity contribution in [3.05, 3.63) is 0 Å². The van der Waals surface area contributed by atoms with Crippen LogP contribution in [0.4, 0.5) is 9.59 Å². The van der Waals surface area contributed by atoms with Crippen molar-refractivity contribution in [2.75, 3.05) is 0 Å². The number of rotatable bonds is 0. The first kappa shape index (κ1) is 8.72. The van der Waals surface area contributed by atoms with Crippen LogP contribution in [0.15, 0.2) is 0 Å². The molecule has 2 fully saturated rings. The molecule has 6 N–H and O–H groups in total. The fourth-order valence-corrected chi connectivity index (χ4v) is 1.27. The third-order valence-corrected chi connectivity index (χ3v) is 1.96. The Balaban J connectivity index is 2.46. The summed E-state index contributed by atoms with van der Waals surface area (Å²) in [5.74, 6) is -3.74. The maximum atomic E-state index is 11.1. The molecule has 0 bridgehead atoms. The van der Waals surface area contributed by atoms with E-state index in [9.17, 15) is 24.6 Å². The smallest absolute Gasteiger partial charge is 0.325 e. The number of nitrogens with one attached hydrogen (secondary N) is 4. The lowest BCUT2D eigenvalue weighted by molar-refractivity contribution is -0.187. The molecule has 5 amide bonds. The number of fused-ring (bicyclic) bond motifs is 1. The number of amides is 5. The predicted molar refractivity (Wildman–Crippen MR) is 38.2 cm³/mol. The second-order valence-electron chi connectivity index (χ2n) is 2.91. The molecule has 0 aliphatic carbocycles. The molecule has 2 aliphatic rings. The minimum atomic E-state index is -2.60. The van der Waals surface area contributed by atoms with Crippen molar-refractivity contribution in [1.29, 1.82) is 0 Å². The molecule has 2 aliphatic heterocycles. The first-order chi connectivity index (χ1) is 6.37. The summed E-state index contributed by atoms with van der Waals surface area (Å²) in [5.41, 5.74) is -2.60.